The maximum atomic E-state index is 12.6. The number of fused-ring (bicyclic) bond motifs is 1. The molecule has 1 aliphatic rings. The Balaban J connectivity index is 1.38. The molecule has 3 aromatic rings. The van der Waals surface area contributed by atoms with Gasteiger partial charge in [-0.15, -0.1) is 0 Å². The average molecular weight is 438 g/mol. The van der Waals surface area contributed by atoms with Gasteiger partial charge in [0.2, 0.25) is 11.8 Å². The fraction of sp³-hybridized carbons (Fsp3) is 0.250. The van der Waals surface area contributed by atoms with Crippen LogP contribution in [0, 0.1) is 0 Å². The lowest BCUT2D eigenvalue weighted by molar-refractivity contribution is -0.129. The first kappa shape index (κ1) is 21.2. The molecule has 2 N–H and O–H groups in total. The number of carbonyl (C=O) groups excluding carboxylic acids is 2. The molecular weight excluding hydrogens is 414 g/mol. The van der Waals surface area contributed by atoms with Gasteiger partial charge in [-0.1, -0.05) is 35.9 Å². The summed E-state index contributed by atoms with van der Waals surface area (Å²) in [5.41, 5.74) is 3.22. The van der Waals surface area contributed by atoms with Gasteiger partial charge >= 0.3 is 0 Å². The molecule has 160 valence electrons. The number of hydrogen-bond acceptors (Lipinski definition) is 4. The molecular formula is C24H24ClN3O3. The van der Waals surface area contributed by atoms with E-state index in [2.05, 4.69) is 10.6 Å². The molecule has 0 saturated carbocycles. The Kier molecular flexibility index (Phi) is 6.39. The van der Waals surface area contributed by atoms with Crippen LogP contribution in [0.2, 0.25) is 5.02 Å². The number of carbonyl (C=O) groups is 2. The maximum absolute atomic E-state index is 12.6. The first-order chi connectivity index (χ1) is 15.0. The molecule has 0 radical (unpaired) electrons. The first-order valence-electron chi connectivity index (χ1n) is 10.2. The van der Waals surface area contributed by atoms with Crippen LogP contribution in [0.3, 0.4) is 0 Å². The lowest BCUT2D eigenvalue weighted by Gasteiger charge is -2.35. The fourth-order valence-corrected chi connectivity index (χ4v) is 3.96. The second-order valence-corrected chi connectivity index (χ2v) is 7.99. The van der Waals surface area contributed by atoms with Gasteiger partial charge in [0.05, 0.1) is 19.1 Å². The van der Waals surface area contributed by atoms with Crippen molar-refractivity contribution in [3.63, 3.8) is 0 Å². The Morgan fingerprint density at radius 3 is 2.55 bits per heavy atom. The lowest BCUT2D eigenvalue weighted by atomic mass is 9.93. The van der Waals surface area contributed by atoms with Gasteiger partial charge < -0.3 is 15.1 Å². The third-order valence-corrected chi connectivity index (χ3v) is 5.74. The summed E-state index contributed by atoms with van der Waals surface area (Å²) in [5.74, 6) is 1.14. The van der Waals surface area contributed by atoms with Crippen molar-refractivity contribution in [3.8, 4) is 11.3 Å². The number of nitrogens with zero attached hydrogens (tertiary/aromatic N) is 1. The monoisotopic (exact) mass is 437 g/mol. The minimum absolute atomic E-state index is 0.0825. The Morgan fingerprint density at radius 1 is 1.06 bits per heavy atom. The molecule has 31 heavy (non-hydrogen) atoms. The van der Waals surface area contributed by atoms with Crippen molar-refractivity contribution in [2.45, 2.75) is 25.6 Å². The van der Waals surface area contributed by atoms with Crippen molar-refractivity contribution in [1.29, 1.82) is 0 Å². The first-order valence-corrected chi connectivity index (χ1v) is 10.5. The number of halogens is 1. The van der Waals surface area contributed by atoms with Gasteiger partial charge in [0.25, 0.3) is 0 Å². The standard InChI is InChI=1S/C24H24ClN3O3/c1-26-24(30)21-12-17-4-2-3-5-18(17)14-28(21)15-23(29)27-13-20-10-11-22(31-20)16-6-8-19(25)9-7-16/h2-11,21H,12-15H2,1H3,(H,26,30)(H,27,29)/t21-/m1/s1. The molecule has 2 heterocycles. The second-order valence-electron chi connectivity index (χ2n) is 7.56. The summed E-state index contributed by atoms with van der Waals surface area (Å²) in [7, 11) is 1.62. The number of benzene rings is 2. The van der Waals surface area contributed by atoms with Gasteiger partial charge in [0.1, 0.15) is 11.5 Å². The van der Waals surface area contributed by atoms with Gasteiger partial charge in [-0.25, -0.2) is 0 Å². The molecule has 1 atom stereocenters. The zero-order chi connectivity index (χ0) is 21.8. The number of hydrogen-bond donors (Lipinski definition) is 2. The zero-order valence-corrected chi connectivity index (χ0v) is 18.0. The molecule has 1 aliphatic heterocycles. The van der Waals surface area contributed by atoms with Crippen LogP contribution < -0.4 is 10.6 Å². The molecule has 4 rings (SSSR count). The highest BCUT2D eigenvalue weighted by atomic mass is 35.5. The summed E-state index contributed by atoms with van der Waals surface area (Å²) in [6.45, 7) is 0.974. The number of nitrogens with one attached hydrogen (secondary N) is 2. The van der Waals surface area contributed by atoms with E-state index in [0.29, 0.717) is 29.5 Å². The topological polar surface area (TPSA) is 74.6 Å². The van der Waals surface area contributed by atoms with E-state index in [1.165, 1.54) is 0 Å². The minimum Gasteiger partial charge on any atom is -0.459 e. The van der Waals surface area contributed by atoms with E-state index < -0.39 is 0 Å². The molecule has 0 unspecified atom stereocenters. The highest BCUT2D eigenvalue weighted by Crippen LogP contribution is 2.25. The van der Waals surface area contributed by atoms with Gasteiger partial charge in [0.15, 0.2) is 0 Å². The summed E-state index contributed by atoms with van der Waals surface area (Å²) < 4.78 is 5.84. The van der Waals surface area contributed by atoms with Crippen LogP contribution in [-0.2, 0) is 29.1 Å². The predicted molar refractivity (Wildman–Crippen MR) is 119 cm³/mol. The van der Waals surface area contributed by atoms with Gasteiger partial charge in [-0.3, -0.25) is 14.5 Å². The van der Waals surface area contributed by atoms with Crippen molar-refractivity contribution in [3.05, 3.63) is 82.6 Å². The van der Waals surface area contributed by atoms with Crippen LogP contribution in [0.15, 0.2) is 65.1 Å². The van der Waals surface area contributed by atoms with E-state index in [-0.39, 0.29) is 30.9 Å². The number of furan rings is 1. The number of likely N-dealkylation sites (N-methyl/N-ethyl adjacent to an activating group) is 1. The summed E-state index contributed by atoms with van der Waals surface area (Å²) in [6.07, 6.45) is 0.589. The summed E-state index contributed by atoms with van der Waals surface area (Å²) in [6, 6.07) is 18.8. The van der Waals surface area contributed by atoms with Crippen LogP contribution in [0.5, 0.6) is 0 Å². The normalized spacial score (nSPS) is 15.9. The summed E-state index contributed by atoms with van der Waals surface area (Å²) in [5, 5.41) is 6.27. The largest absolute Gasteiger partial charge is 0.459 e. The van der Waals surface area contributed by atoms with Crippen LogP contribution in [0.4, 0.5) is 0 Å². The third-order valence-electron chi connectivity index (χ3n) is 5.49. The molecule has 1 aromatic heterocycles. The number of rotatable bonds is 6. The van der Waals surface area contributed by atoms with Gasteiger partial charge in [0, 0.05) is 24.2 Å². The highest BCUT2D eigenvalue weighted by molar-refractivity contribution is 6.30. The average Bonchev–Trinajstić information content (AvgIpc) is 3.26. The maximum Gasteiger partial charge on any atom is 0.237 e. The van der Waals surface area contributed by atoms with Crippen molar-refractivity contribution in [1.82, 2.24) is 15.5 Å². The van der Waals surface area contributed by atoms with Crippen molar-refractivity contribution < 1.29 is 14.0 Å². The van der Waals surface area contributed by atoms with E-state index in [1.807, 2.05) is 53.4 Å². The molecule has 6 nitrogen and oxygen atoms in total. The SMILES string of the molecule is CNC(=O)[C@H]1Cc2ccccc2CN1CC(=O)NCc1ccc(-c2ccc(Cl)cc2)o1. The van der Waals surface area contributed by atoms with Crippen LogP contribution in [0.25, 0.3) is 11.3 Å². The Morgan fingerprint density at radius 2 is 1.81 bits per heavy atom. The number of amides is 2. The lowest BCUT2D eigenvalue weighted by Crippen LogP contribution is -2.52. The van der Waals surface area contributed by atoms with E-state index >= 15 is 0 Å². The van der Waals surface area contributed by atoms with Crippen LogP contribution in [0.1, 0.15) is 16.9 Å². The van der Waals surface area contributed by atoms with E-state index in [9.17, 15) is 9.59 Å². The Labute approximate surface area is 186 Å². The van der Waals surface area contributed by atoms with E-state index in [4.69, 9.17) is 16.0 Å². The van der Waals surface area contributed by atoms with Crippen molar-refractivity contribution in [2.75, 3.05) is 13.6 Å². The van der Waals surface area contributed by atoms with Crippen molar-refractivity contribution >= 4 is 23.4 Å². The minimum atomic E-state index is -0.370. The third kappa shape index (κ3) is 4.98. The van der Waals surface area contributed by atoms with E-state index in [0.717, 1.165) is 16.7 Å². The Hall–Kier alpha value is -3.09. The summed E-state index contributed by atoms with van der Waals surface area (Å²) in [4.78, 5) is 26.9. The molecule has 0 spiro atoms. The molecule has 0 bridgehead atoms. The zero-order valence-electron chi connectivity index (χ0n) is 17.2. The smallest absolute Gasteiger partial charge is 0.237 e. The fourth-order valence-electron chi connectivity index (χ4n) is 3.84. The van der Waals surface area contributed by atoms with Crippen molar-refractivity contribution in [2.24, 2.45) is 0 Å². The van der Waals surface area contributed by atoms with Crippen LogP contribution >= 0.6 is 11.6 Å². The van der Waals surface area contributed by atoms with Gasteiger partial charge in [-0.05, 0) is 53.9 Å². The molecule has 2 aromatic carbocycles. The quantitative estimate of drug-likeness (QED) is 0.620. The summed E-state index contributed by atoms with van der Waals surface area (Å²) >= 11 is 5.93. The van der Waals surface area contributed by atoms with Gasteiger partial charge in [-0.2, -0.15) is 0 Å². The van der Waals surface area contributed by atoms with Crippen LogP contribution in [-0.4, -0.2) is 36.3 Å². The second kappa shape index (κ2) is 9.37. The molecule has 0 aliphatic carbocycles. The van der Waals surface area contributed by atoms with E-state index in [1.54, 1.807) is 19.2 Å². The highest BCUT2D eigenvalue weighted by Gasteiger charge is 2.31. The molecule has 2 amide bonds. The predicted octanol–water partition coefficient (Wildman–Crippen LogP) is 3.39. The molecule has 0 fully saturated rings. The molecule has 0 saturated heterocycles. The molecule has 7 heteroatoms. The Bertz CT molecular complexity index is 1080.